The molecule has 0 fully saturated rings. The van der Waals surface area contributed by atoms with Crippen molar-refractivity contribution >= 4 is 60.5 Å². The molecule has 1 heterocycles. The Morgan fingerprint density at radius 2 is 0.887 bits per heavy atom. The summed E-state index contributed by atoms with van der Waals surface area (Å²) in [5.74, 6) is 0. The van der Waals surface area contributed by atoms with Crippen LogP contribution in [0.15, 0.2) is 277 Å². The molecule has 332 valence electrons. The number of anilines is 3. The van der Waals surface area contributed by atoms with E-state index in [4.69, 9.17) is 4.42 Å². The first-order valence-corrected chi connectivity index (χ1v) is 24.5. The number of fused-ring (bicyclic) bond motifs is 8. The van der Waals surface area contributed by atoms with Crippen LogP contribution in [0.3, 0.4) is 0 Å². The Morgan fingerprint density at radius 3 is 1.70 bits per heavy atom. The van der Waals surface area contributed by atoms with Crippen LogP contribution in [0.5, 0.6) is 0 Å². The van der Waals surface area contributed by atoms with Crippen molar-refractivity contribution in [2.45, 2.75) is 5.41 Å². The molecule has 0 radical (unpaired) electrons. The highest BCUT2D eigenvalue weighted by atomic mass is 16.3. The molecule has 0 N–H and O–H groups in total. The highest BCUT2D eigenvalue weighted by molar-refractivity contribution is 6.18. The minimum Gasteiger partial charge on any atom is -0.455 e. The van der Waals surface area contributed by atoms with E-state index in [0.717, 1.165) is 66.8 Å². The van der Waals surface area contributed by atoms with Crippen molar-refractivity contribution in [3.63, 3.8) is 0 Å². The topological polar surface area (TPSA) is 16.4 Å². The van der Waals surface area contributed by atoms with Gasteiger partial charge in [-0.1, -0.05) is 218 Å². The van der Waals surface area contributed by atoms with Crippen LogP contribution in [0.25, 0.3) is 88.0 Å². The van der Waals surface area contributed by atoms with Crippen LogP contribution in [0.4, 0.5) is 17.1 Å². The summed E-state index contributed by atoms with van der Waals surface area (Å²) in [6, 6.07) is 99.8. The minimum atomic E-state index is -0.499. The first kappa shape index (κ1) is 40.8. The van der Waals surface area contributed by atoms with Crippen LogP contribution in [-0.4, -0.2) is 0 Å². The van der Waals surface area contributed by atoms with Gasteiger partial charge in [0.25, 0.3) is 0 Å². The number of furan rings is 1. The van der Waals surface area contributed by atoms with E-state index in [1.165, 1.54) is 60.5 Å². The summed E-state index contributed by atoms with van der Waals surface area (Å²) in [7, 11) is 0. The highest BCUT2D eigenvalue weighted by Gasteiger charge is 2.46. The van der Waals surface area contributed by atoms with Crippen LogP contribution >= 0.6 is 0 Å². The lowest BCUT2D eigenvalue weighted by Gasteiger charge is -2.34. The molecule has 0 saturated heterocycles. The SMILES string of the molecule is c1ccc(C2(c3ccccc3)c3ccccc3-c3ccc(-c4cccc(N(c5ccc(-c6ccc7ccccc7c6)cc5)c5ccc(-c6cccc7ccccc67)c6oc7ccccc7c56)c4)cc32)cc1. The number of rotatable bonds is 8. The molecular formula is C69H45NO. The van der Waals surface area contributed by atoms with E-state index in [9.17, 15) is 0 Å². The van der Waals surface area contributed by atoms with Crippen LogP contribution < -0.4 is 4.90 Å². The Labute approximate surface area is 413 Å². The van der Waals surface area contributed by atoms with Gasteiger partial charge >= 0.3 is 0 Å². The average Bonchev–Trinajstić information content (AvgIpc) is 3.99. The van der Waals surface area contributed by atoms with Gasteiger partial charge in [0.2, 0.25) is 0 Å². The van der Waals surface area contributed by atoms with Gasteiger partial charge in [0, 0.05) is 22.3 Å². The van der Waals surface area contributed by atoms with Gasteiger partial charge in [-0.3, -0.25) is 0 Å². The van der Waals surface area contributed by atoms with Gasteiger partial charge < -0.3 is 9.32 Å². The Morgan fingerprint density at radius 1 is 0.310 bits per heavy atom. The standard InChI is InChI=1S/C69H45NO/c1-3-22-53(23-4-1)69(54-24-5-2-6-25-54)63-31-13-11-28-59(63)60-40-37-52(45-64(60)69)50-21-15-26-56(44-50)70(55-38-35-47(36-39-55)51-34-33-46-17-7-8-19-49(46)43-51)65-42-41-61(58-30-16-20-48-18-9-10-27-57(48)58)68-67(65)62-29-12-14-32-66(62)71-68/h1-45H. The summed E-state index contributed by atoms with van der Waals surface area (Å²) in [4.78, 5) is 2.42. The molecule has 71 heavy (non-hydrogen) atoms. The van der Waals surface area contributed by atoms with E-state index in [1.54, 1.807) is 0 Å². The van der Waals surface area contributed by atoms with Crippen molar-refractivity contribution in [1.82, 2.24) is 0 Å². The van der Waals surface area contributed by atoms with Crippen molar-refractivity contribution in [3.8, 4) is 44.5 Å². The molecule has 0 aliphatic heterocycles. The van der Waals surface area contributed by atoms with Crippen molar-refractivity contribution in [1.29, 1.82) is 0 Å². The molecular weight excluding hydrogens is 859 g/mol. The predicted octanol–water partition coefficient (Wildman–Crippen LogP) is 18.7. The maximum atomic E-state index is 6.99. The van der Waals surface area contributed by atoms with E-state index < -0.39 is 5.41 Å². The Balaban J connectivity index is 0.975. The smallest absolute Gasteiger partial charge is 0.145 e. The third-order valence-corrected chi connectivity index (χ3v) is 14.9. The number of benzene rings is 12. The van der Waals surface area contributed by atoms with Crippen molar-refractivity contribution in [2.75, 3.05) is 4.90 Å². The fourth-order valence-corrected chi connectivity index (χ4v) is 11.7. The fraction of sp³-hybridized carbons (Fsp3) is 0.0145. The summed E-state index contributed by atoms with van der Waals surface area (Å²) in [5.41, 5.74) is 18.9. The summed E-state index contributed by atoms with van der Waals surface area (Å²) in [5, 5.41) is 7.00. The van der Waals surface area contributed by atoms with Gasteiger partial charge in [0.05, 0.1) is 16.5 Å². The van der Waals surface area contributed by atoms with Gasteiger partial charge in [0.15, 0.2) is 0 Å². The zero-order valence-electron chi connectivity index (χ0n) is 38.8. The first-order chi connectivity index (χ1) is 35.2. The summed E-state index contributed by atoms with van der Waals surface area (Å²) in [6.45, 7) is 0. The van der Waals surface area contributed by atoms with Gasteiger partial charge in [-0.2, -0.15) is 0 Å². The second-order valence-corrected chi connectivity index (χ2v) is 18.7. The third-order valence-electron chi connectivity index (χ3n) is 14.9. The normalized spacial score (nSPS) is 12.6. The van der Waals surface area contributed by atoms with Crippen LogP contribution in [-0.2, 0) is 5.41 Å². The maximum Gasteiger partial charge on any atom is 0.145 e. The average molecular weight is 904 g/mol. The zero-order chi connectivity index (χ0) is 46.9. The molecule has 0 spiro atoms. The van der Waals surface area contributed by atoms with Gasteiger partial charge in [0.1, 0.15) is 11.2 Å². The van der Waals surface area contributed by atoms with Crippen LogP contribution in [0.2, 0.25) is 0 Å². The second kappa shape index (κ2) is 16.5. The number of para-hydroxylation sites is 1. The molecule has 14 rings (SSSR count). The molecule has 1 aromatic heterocycles. The molecule has 2 nitrogen and oxygen atoms in total. The molecule has 2 heteroatoms. The molecule has 1 aliphatic carbocycles. The maximum absolute atomic E-state index is 6.99. The van der Waals surface area contributed by atoms with Gasteiger partial charge in [-0.05, 0) is 137 Å². The quantitative estimate of drug-likeness (QED) is 0.151. The third kappa shape index (κ3) is 6.49. The Hall–Kier alpha value is -9.24. The lowest BCUT2D eigenvalue weighted by Crippen LogP contribution is -2.28. The molecule has 13 aromatic rings. The Kier molecular flexibility index (Phi) is 9.47. The summed E-state index contributed by atoms with van der Waals surface area (Å²) >= 11 is 0. The van der Waals surface area contributed by atoms with E-state index >= 15 is 0 Å². The van der Waals surface area contributed by atoms with Gasteiger partial charge in [-0.25, -0.2) is 0 Å². The molecule has 0 unspecified atom stereocenters. The lowest BCUT2D eigenvalue weighted by molar-refractivity contribution is 0.670. The molecule has 0 saturated carbocycles. The van der Waals surface area contributed by atoms with Crippen molar-refractivity contribution in [3.05, 3.63) is 295 Å². The van der Waals surface area contributed by atoms with Crippen LogP contribution in [0.1, 0.15) is 22.3 Å². The minimum absolute atomic E-state index is 0.499. The predicted molar refractivity (Wildman–Crippen MR) is 297 cm³/mol. The van der Waals surface area contributed by atoms with Crippen molar-refractivity contribution < 1.29 is 4.42 Å². The Bertz CT molecular complexity index is 4120. The first-order valence-electron chi connectivity index (χ1n) is 24.5. The largest absolute Gasteiger partial charge is 0.455 e. The number of hydrogen-bond donors (Lipinski definition) is 0. The van der Waals surface area contributed by atoms with E-state index in [2.05, 4.69) is 278 Å². The summed E-state index contributed by atoms with van der Waals surface area (Å²) < 4.78 is 6.99. The van der Waals surface area contributed by atoms with Gasteiger partial charge in [-0.15, -0.1) is 0 Å². The lowest BCUT2D eigenvalue weighted by atomic mass is 9.67. The molecule has 1 aliphatic rings. The second-order valence-electron chi connectivity index (χ2n) is 18.7. The zero-order valence-corrected chi connectivity index (χ0v) is 38.8. The van der Waals surface area contributed by atoms with Crippen LogP contribution in [0, 0.1) is 0 Å². The van der Waals surface area contributed by atoms with E-state index in [0.29, 0.717) is 0 Å². The molecule has 0 bridgehead atoms. The molecule has 12 aromatic carbocycles. The monoisotopic (exact) mass is 903 g/mol. The van der Waals surface area contributed by atoms with E-state index in [-0.39, 0.29) is 0 Å². The highest BCUT2D eigenvalue weighted by Crippen LogP contribution is 2.57. The fourth-order valence-electron chi connectivity index (χ4n) is 11.7. The summed E-state index contributed by atoms with van der Waals surface area (Å²) in [6.07, 6.45) is 0. The molecule has 0 amide bonds. The molecule has 0 atom stereocenters. The number of nitrogens with zero attached hydrogens (tertiary/aromatic N) is 1. The number of hydrogen-bond acceptors (Lipinski definition) is 2. The van der Waals surface area contributed by atoms with E-state index in [1.807, 2.05) is 0 Å². The van der Waals surface area contributed by atoms with Crippen molar-refractivity contribution in [2.24, 2.45) is 0 Å².